The average molecular weight is 389 g/mol. The summed E-state index contributed by atoms with van der Waals surface area (Å²) < 4.78 is 47.7. The predicted molar refractivity (Wildman–Crippen MR) is 97.7 cm³/mol. The SMILES string of the molecule is CN(C)CCOc1ccc(-c2cc3c(ncn3C)c(C#N)n2)cc1C(F)(F)F. The minimum Gasteiger partial charge on any atom is -0.492 e. The van der Waals surface area contributed by atoms with Crippen LogP contribution in [0.1, 0.15) is 11.3 Å². The maximum atomic E-state index is 13.6. The lowest BCUT2D eigenvalue weighted by Crippen LogP contribution is -2.20. The Morgan fingerprint density at radius 1 is 1.25 bits per heavy atom. The van der Waals surface area contributed by atoms with Gasteiger partial charge in [0.15, 0.2) is 5.69 Å². The molecule has 1 aromatic carbocycles. The molecule has 28 heavy (non-hydrogen) atoms. The molecule has 2 heterocycles. The van der Waals surface area contributed by atoms with E-state index in [1.165, 1.54) is 18.5 Å². The number of benzene rings is 1. The zero-order chi connectivity index (χ0) is 20.5. The van der Waals surface area contributed by atoms with Crippen molar-refractivity contribution in [3.63, 3.8) is 0 Å². The van der Waals surface area contributed by atoms with E-state index in [9.17, 15) is 18.4 Å². The van der Waals surface area contributed by atoms with Crippen LogP contribution in [0, 0.1) is 11.3 Å². The van der Waals surface area contributed by atoms with E-state index >= 15 is 0 Å². The molecule has 0 saturated heterocycles. The molecule has 0 radical (unpaired) electrons. The van der Waals surface area contributed by atoms with Crippen LogP contribution in [0.25, 0.3) is 22.3 Å². The Balaban J connectivity index is 2.07. The quantitative estimate of drug-likeness (QED) is 0.669. The molecule has 3 rings (SSSR count). The summed E-state index contributed by atoms with van der Waals surface area (Å²) >= 11 is 0. The summed E-state index contributed by atoms with van der Waals surface area (Å²) in [7, 11) is 5.36. The summed E-state index contributed by atoms with van der Waals surface area (Å²) in [4.78, 5) is 10.1. The number of halogens is 3. The molecule has 0 amide bonds. The first kappa shape index (κ1) is 19.6. The summed E-state index contributed by atoms with van der Waals surface area (Å²) in [6.45, 7) is 0.622. The molecule has 0 fully saturated rings. The van der Waals surface area contributed by atoms with Crippen molar-refractivity contribution in [2.24, 2.45) is 7.05 Å². The lowest BCUT2D eigenvalue weighted by Gasteiger charge is -2.17. The van der Waals surface area contributed by atoms with Crippen LogP contribution in [-0.2, 0) is 13.2 Å². The number of nitrogens with zero attached hydrogens (tertiary/aromatic N) is 5. The highest BCUT2D eigenvalue weighted by Crippen LogP contribution is 2.39. The van der Waals surface area contributed by atoms with Crippen molar-refractivity contribution in [3.8, 4) is 23.1 Å². The van der Waals surface area contributed by atoms with E-state index in [0.29, 0.717) is 17.6 Å². The molecule has 146 valence electrons. The second kappa shape index (κ2) is 7.48. The van der Waals surface area contributed by atoms with Crippen molar-refractivity contribution in [1.82, 2.24) is 19.4 Å². The monoisotopic (exact) mass is 389 g/mol. The number of pyridine rings is 1. The summed E-state index contributed by atoms with van der Waals surface area (Å²) in [5.41, 5.74) is 0.710. The summed E-state index contributed by atoms with van der Waals surface area (Å²) in [6, 6.07) is 7.36. The van der Waals surface area contributed by atoms with Gasteiger partial charge in [0.1, 0.15) is 23.9 Å². The van der Waals surface area contributed by atoms with Crippen LogP contribution >= 0.6 is 0 Å². The Labute approximate surface area is 159 Å². The largest absolute Gasteiger partial charge is 0.492 e. The highest BCUT2D eigenvalue weighted by Gasteiger charge is 2.35. The van der Waals surface area contributed by atoms with Crippen LogP contribution in [0.4, 0.5) is 13.2 Å². The van der Waals surface area contributed by atoms with Crippen molar-refractivity contribution >= 4 is 11.0 Å². The average Bonchev–Trinajstić information content (AvgIpc) is 3.01. The van der Waals surface area contributed by atoms with Crippen LogP contribution in [0.3, 0.4) is 0 Å². The smallest absolute Gasteiger partial charge is 0.419 e. The lowest BCUT2D eigenvalue weighted by atomic mass is 10.1. The van der Waals surface area contributed by atoms with Gasteiger partial charge in [0.05, 0.1) is 23.1 Å². The normalized spacial score (nSPS) is 11.8. The van der Waals surface area contributed by atoms with Crippen molar-refractivity contribution in [1.29, 1.82) is 5.26 Å². The van der Waals surface area contributed by atoms with Crippen LogP contribution in [-0.4, -0.2) is 46.7 Å². The van der Waals surface area contributed by atoms with Crippen molar-refractivity contribution < 1.29 is 17.9 Å². The number of hydrogen-bond donors (Lipinski definition) is 0. The van der Waals surface area contributed by atoms with E-state index in [0.717, 1.165) is 6.07 Å². The molecule has 0 saturated carbocycles. The fourth-order valence-corrected chi connectivity index (χ4v) is 2.73. The van der Waals surface area contributed by atoms with Gasteiger partial charge in [0, 0.05) is 19.2 Å². The van der Waals surface area contributed by atoms with Gasteiger partial charge in [-0.05, 0) is 38.4 Å². The maximum absolute atomic E-state index is 13.6. The van der Waals surface area contributed by atoms with Gasteiger partial charge in [0.2, 0.25) is 0 Å². The van der Waals surface area contributed by atoms with E-state index in [2.05, 4.69) is 9.97 Å². The third kappa shape index (κ3) is 3.92. The van der Waals surface area contributed by atoms with Gasteiger partial charge in [-0.1, -0.05) is 0 Å². The predicted octanol–water partition coefficient (Wildman–Crippen LogP) is 3.47. The van der Waals surface area contributed by atoms with Gasteiger partial charge in [-0.2, -0.15) is 18.4 Å². The molecule has 0 bridgehead atoms. The molecule has 3 aromatic rings. The summed E-state index contributed by atoms with van der Waals surface area (Å²) in [6.07, 6.45) is -3.06. The van der Waals surface area contributed by atoms with Gasteiger partial charge in [-0.15, -0.1) is 0 Å². The Bertz CT molecular complexity index is 1050. The first-order chi connectivity index (χ1) is 13.2. The number of aromatic nitrogens is 3. The van der Waals surface area contributed by atoms with E-state index in [-0.39, 0.29) is 29.3 Å². The van der Waals surface area contributed by atoms with Crippen LogP contribution < -0.4 is 4.74 Å². The Hall–Kier alpha value is -3.12. The van der Waals surface area contributed by atoms with Gasteiger partial charge < -0.3 is 14.2 Å². The maximum Gasteiger partial charge on any atom is 0.419 e. The molecule has 6 nitrogen and oxygen atoms in total. The lowest BCUT2D eigenvalue weighted by molar-refractivity contribution is -0.138. The number of aryl methyl sites for hydroxylation is 1. The van der Waals surface area contributed by atoms with Crippen molar-refractivity contribution in [2.75, 3.05) is 27.2 Å². The molecule has 0 aliphatic carbocycles. The topological polar surface area (TPSA) is 67.0 Å². The number of rotatable bonds is 5. The number of alkyl halides is 3. The highest BCUT2D eigenvalue weighted by atomic mass is 19.4. The molecule has 0 N–H and O–H groups in total. The highest BCUT2D eigenvalue weighted by molar-refractivity contribution is 5.84. The molecule has 0 aliphatic rings. The zero-order valence-electron chi connectivity index (χ0n) is 15.6. The number of imidazole rings is 1. The van der Waals surface area contributed by atoms with Gasteiger partial charge in [-0.3, -0.25) is 0 Å². The van der Waals surface area contributed by atoms with E-state index in [4.69, 9.17) is 4.74 Å². The fraction of sp³-hybridized carbons (Fsp3) is 0.316. The van der Waals surface area contributed by atoms with Crippen LogP contribution in [0.15, 0.2) is 30.6 Å². The van der Waals surface area contributed by atoms with E-state index in [1.54, 1.807) is 17.7 Å². The Kier molecular flexibility index (Phi) is 5.25. The molecule has 0 atom stereocenters. The molecule has 9 heteroatoms. The van der Waals surface area contributed by atoms with Gasteiger partial charge >= 0.3 is 6.18 Å². The van der Waals surface area contributed by atoms with Crippen LogP contribution in [0.5, 0.6) is 5.75 Å². The zero-order valence-corrected chi connectivity index (χ0v) is 15.6. The molecule has 0 aliphatic heterocycles. The Morgan fingerprint density at radius 3 is 2.64 bits per heavy atom. The van der Waals surface area contributed by atoms with Crippen LogP contribution in [0.2, 0.25) is 0 Å². The van der Waals surface area contributed by atoms with Gasteiger partial charge in [0.25, 0.3) is 0 Å². The van der Waals surface area contributed by atoms with Gasteiger partial charge in [-0.25, -0.2) is 9.97 Å². The Morgan fingerprint density at radius 2 is 2.00 bits per heavy atom. The summed E-state index contributed by atoms with van der Waals surface area (Å²) in [5.74, 6) is -0.236. The number of fused-ring (bicyclic) bond motifs is 1. The molecule has 0 unspecified atom stereocenters. The molecular weight excluding hydrogens is 371 g/mol. The van der Waals surface area contributed by atoms with Crippen molar-refractivity contribution in [3.05, 3.63) is 41.9 Å². The number of likely N-dealkylation sites (N-methyl/N-ethyl adjacent to an activating group) is 1. The number of hydrogen-bond acceptors (Lipinski definition) is 5. The molecule has 2 aromatic heterocycles. The second-order valence-corrected chi connectivity index (χ2v) is 6.55. The third-order valence-corrected chi connectivity index (χ3v) is 4.20. The molecule has 0 spiro atoms. The minimum absolute atomic E-state index is 0.0629. The number of nitriles is 1. The third-order valence-electron chi connectivity index (χ3n) is 4.20. The fourth-order valence-electron chi connectivity index (χ4n) is 2.73. The summed E-state index contributed by atoms with van der Waals surface area (Å²) in [5, 5.41) is 9.32. The van der Waals surface area contributed by atoms with E-state index < -0.39 is 11.7 Å². The molecular formula is C19H18F3N5O. The van der Waals surface area contributed by atoms with Crippen molar-refractivity contribution in [2.45, 2.75) is 6.18 Å². The first-order valence-electron chi connectivity index (χ1n) is 8.42. The van der Waals surface area contributed by atoms with E-state index in [1.807, 2.05) is 25.1 Å². The first-order valence-corrected chi connectivity index (χ1v) is 8.42. The minimum atomic E-state index is -4.59. The second-order valence-electron chi connectivity index (χ2n) is 6.55. The number of ether oxygens (including phenoxy) is 1. The standard InChI is InChI=1S/C19H18F3N5O/c1-26(2)6-7-28-17-5-4-12(8-13(17)19(20,21)22)14-9-16-18(15(10-23)25-14)24-11-27(16)3/h4-5,8-9,11H,6-7H2,1-3H3.